The number of nitrogens with zero attached hydrogens (tertiary/aromatic N) is 3. The molecule has 1 atom stereocenters. The first kappa shape index (κ1) is 23.1. The SMILES string of the molecule is CC(NC(=O)C1CCC(NCCc2ccc(-c3cnn(C)c3)nc2)CC1)c1ccc(F)cc1. The molecule has 33 heavy (non-hydrogen) atoms. The van der Waals surface area contributed by atoms with E-state index in [0.29, 0.717) is 6.04 Å². The van der Waals surface area contributed by atoms with Gasteiger partial charge in [-0.25, -0.2) is 4.39 Å². The van der Waals surface area contributed by atoms with Gasteiger partial charge in [0.15, 0.2) is 0 Å². The number of benzene rings is 1. The van der Waals surface area contributed by atoms with Gasteiger partial charge in [-0.2, -0.15) is 5.10 Å². The standard InChI is InChI=1S/C26H32FN5O/c1-18(20-4-8-23(27)9-5-20)31-26(33)21-6-10-24(11-7-21)28-14-13-19-3-12-25(29-15-19)22-16-30-32(2)17-22/h3-5,8-9,12,15-18,21,24,28H,6-7,10-11,13-14H2,1-2H3,(H,31,33). The minimum Gasteiger partial charge on any atom is -0.349 e. The molecule has 2 aromatic heterocycles. The Morgan fingerprint density at radius 1 is 1.12 bits per heavy atom. The lowest BCUT2D eigenvalue weighted by molar-refractivity contribution is -0.126. The molecule has 1 aliphatic carbocycles. The first-order valence-electron chi connectivity index (χ1n) is 11.7. The number of amides is 1. The van der Waals surface area contributed by atoms with Crippen LogP contribution in [0.3, 0.4) is 0 Å². The summed E-state index contributed by atoms with van der Waals surface area (Å²) >= 11 is 0. The van der Waals surface area contributed by atoms with E-state index in [2.05, 4.69) is 26.8 Å². The second-order valence-corrected chi connectivity index (χ2v) is 8.99. The molecule has 1 saturated carbocycles. The molecule has 1 unspecified atom stereocenters. The van der Waals surface area contributed by atoms with Gasteiger partial charge in [0.25, 0.3) is 0 Å². The van der Waals surface area contributed by atoms with Crippen molar-refractivity contribution in [1.29, 1.82) is 0 Å². The van der Waals surface area contributed by atoms with Gasteiger partial charge in [0.2, 0.25) is 5.91 Å². The maximum Gasteiger partial charge on any atom is 0.223 e. The third kappa shape index (κ3) is 6.26. The molecule has 4 rings (SSSR count). The Labute approximate surface area is 194 Å². The van der Waals surface area contributed by atoms with Crippen molar-refractivity contribution in [1.82, 2.24) is 25.4 Å². The van der Waals surface area contributed by atoms with Crippen molar-refractivity contribution in [3.8, 4) is 11.3 Å². The first-order valence-corrected chi connectivity index (χ1v) is 11.7. The average Bonchev–Trinajstić information content (AvgIpc) is 3.26. The molecule has 2 N–H and O–H groups in total. The van der Waals surface area contributed by atoms with E-state index in [9.17, 15) is 9.18 Å². The molecule has 1 fully saturated rings. The molecule has 0 aliphatic heterocycles. The monoisotopic (exact) mass is 449 g/mol. The smallest absolute Gasteiger partial charge is 0.223 e. The van der Waals surface area contributed by atoms with Gasteiger partial charge in [-0.15, -0.1) is 0 Å². The lowest BCUT2D eigenvalue weighted by Crippen LogP contribution is -2.39. The minimum absolute atomic E-state index is 0.0511. The van der Waals surface area contributed by atoms with Crippen molar-refractivity contribution in [3.05, 3.63) is 71.9 Å². The number of nitrogens with one attached hydrogen (secondary N) is 2. The van der Waals surface area contributed by atoms with Crippen LogP contribution >= 0.6 is 0 Å². The zero-order valence-corrected chi connectivity index (χ0v) is 19.3. The summed E-state index contributed by atoms with van der Waals surface area (Å²) in [6, 6.07) is 10.8. The molecule has 6 nitrogen and oxygen atoms in total. The highest BCUT2D eigenvalue weighted by Crippen LogP contribution is 2.25. The van der Waals surface area contributed by atoms with Crippen LogP contribution in [0.5, 0.6) is 0 Å². The Bertz CT molecular complexity index is 1040. The van der Waals surface area contributed by atoms with Crippen LogP contribution in [0.15, 0.2) is 55.0 Å². The van der Waals surface area contributed by atoms with Gasteiger partial charge < -0.3 is 10.6 Å². The van der Waals surface area contributed by atoms with Gasteiger partial charge in [-0.3, -0.25) is 14.5 Å². The quantitative estimate of drug-likeness (QED) is 0.541. The molecule has 2 heterocycles. The van der Waals surface area contributed by atoms with Crippen molar-refractivity contribution in [2.75, 3.05) is 6.54 Å². The van der Waals surface area contributed by atoms with E-state index >= 15 is 0 Å². The normalized spacial score (nSPS) is 19.2. The second kappa shape index (κ2) is 10.7. The molecule has 1 aliphatic rings. The zero-order valence-electron chi connectivity index (χ0n) is 19.3. The van der Waals surface area contributed by atoms with Gasteiger partial charge in [0, 0.05) is 37.0 Å². The summed E-state index contributed by atoms with van der Waals surface area (Å²) in [5.74, 6) is -0.110. The fraction of sp³-hybridized carbons (Fsp3) is 0.423. The molecule has 1 amide bonds. The molecule has 0 bridgehead atoms. The van der Waals surface area contributed by atoms with E-state index in [1.807, 2.05) is 38.6 Å². The summed E-state index contributed by atoms with van der Waals surface area (Å²) in [5.41, 5.74) is 4.08. The van der Waals surface area contributed by atoms with Gasteiger partial charge in [-0.1, -0.05) is 18.2 Å². The van der Waals surface area contributed by atoms with E-state index in [0.717, 1.165) is 55.5 Å². The second-order valence-electron chi connectivity index (χ2n) is 8.99. The number of pyridine rings is 1. The van der Waals surface area contributed by atoms with Crippen LogP contribution in [0.4, 0.5) is 4.39 Å². The summed E-state index contributed by atoms with van der Waals surface area (Å²) in [4.78, 5) is 17.2. The molecule has 7 heteroatoms. The van der Waals surface area contributed by atoms with Crippen LogP contribution in [0.25, 0.3) is 11.3 Å². The number of carbonyl (C=O) groups is 1. The Morgan fingerprint density at radius 2 is 1.88 bits per heavy atom. The van der Waals surface area contributed by atoms with Gasteiger partial charge in [0.1, 0.15) is 5.82 Å². The summed E-state index contributed by atoms with van der Waals surface area (Å²) in [7, 11) is 1.90. The van der Waals surface area contributed by atoms with Crippen LogP contribution in [0, 0.1) is 11.7 Å². The highest BCUT2D eigenvalue weighted by Gasteiger charge is 2.26. The first-order chi connectivity index (χ1) is 16.0. The van der Waals surface area contributed by atoms with Gasteiger partial charge >= 0.3 is 0 Å². The van der Waals surface area contributed by atoms with Crippen molar-refractivity contribution in [2.24, 2.45) is 13.0 Å². The van der Waals surface area contributed by atoms with E-state index in [-0.39, 0.29) is 23.7 Å². The van der Waals surface area contributed by atoms with E-state index in [4.69, 9.17) is 0 Å². The molecule has 1 aromatic carbocycles. The number of halogens is 1. The topological polar surface area (TPSA) is 71.8 Å². The molecule has 174 valence electrons. The lowest BCUT2D eigenvalue weighted by atomic mass is 9.85. The van der Waals surface area contributed by atoms with Crippen LogP contribution in [0.1, 0.15) is 49.8 Å². The molecular formula is C26H32FN5O. The van der Waals surface area contributed by atoms with Crippen LogP contribution in [-0.4, -0.2) is 33.3 Å². The van der Waals surface area contributed by atoms with Crippen molar-refractivity contribution < 1.29 is 9.18 Å². The fourth-order valence-electron chi connectivity index (χ4n) is 4.44. The minimum atomic E-state index is -0.263. The number of rotatable bonds is 8. The molecule has 0 radical (unpaired) electrons. The number of aromatic nitrogens is 3. The van der Waals surface area contributed by atoms with Gasteiger partial charge in [-0.05, 0) is 74.9 Å². The highest BCUT2D eigenvalue weighted by atomic mass is 19.1. The molecule has 0 spiro atoms. The van der Waals surface area contributed by atoms with E-state index < -0.39 is 0 Å². The number of aryl methyl sites for hydroxylation is 1. The predicted molar refractivity (Wildman–Crippen MR) is 127 cm³/mol. The predicted octanol–water partition coefficient (Wildman–Crippen LogP) is 4.19. The molecule has 0 saturated heterocycles. The molecular weight excluding hydrogens is 417 g/mol. The summed E-state index contributed by atoms with van der Waals surface area (Å²) < 4.78 is 14.9. The van der Waals surface area contributed by atoms with Crippen molar-refractivity contribution in [2.45, 2.75) is 51.1 Å². The summed E-state index contributed by atoms with van der Waals surface area (Å²) in [5, 5.41) is 10.9. The van der Waals surface area contributed by atoms with Crippen LogP contribution in [0.2, 0.25) is 0 Å². The Morgan fingerprint density at radius 3 is 2.52 bits per heavy atom. The maximum absolute atomic E-state index is 13.1. The van der Waals surface area contributed by atoms with E-state index in [1.165, 1.54) is 17.7 Å². The third-order valence-electron chi connectivity index (χ3n) is 6.50. The number of hydrogen-bond donors (Lipinski definition) is 2. The third-order valence-corrected chi connectivity index (χ3v) is 6.50. The summed E-state index contributed by atoms with van der Waals surface area (Å²) in [6.45, 7) is 2.84. The van der Waals surface area contributed by atoms with Crippen LogP contribution in [-0.2, 0) is 18.3 Å². The van der Waals surface area contributed by atoms with Gasteiger partial charge in [0.05, 0.1) is 17.9 Å². The average molecular weight is 450 g/mol. The van der Waals surface area contributed by atoms with Crippen molar-refractivity contribution >= 4 is 5.91 Å². The fourth-order valence-corrected chi connectivity index (χ4v) is 4.44. The van der Waals surface area contributed by atoms with E-state index in [1.54, 1.807) is 16.8 Å². The van der Waals surface area contributed by atoms with Crippen LogP contribution < -0.4 is 10.6 Å². The number of hydrogen-bond acceptors (Lipinski definition) is 4. The highest BCUT2D eigenvalue weighted by molar-refractivity contribution is 5.79. The number of carbonyl (C=O) groups excluding carboxylic acids is 1. The Kier molecular flexibility index (Phi) is 7.50. The zero-order chi connectivity index (χ0) is 23.2. The Hall–Kier alpha value is -3.06. The molecule has 3 aromatic rings. The lowest BCUT2D eigenvalue weighted by Gasteiger charge is -2.29. The largest absolute Gasteiger partial charge is 0.349 e. The van der Waals surface area contributed by atoms with Crippen molar-refractivity contribution in [3.63, 3.8) is 0 Å². The summed E-state index contributed by atoms with van der Waals surface area (Å²) in [6.07, 6.45) is 10.4. The Balaban J connectivity index is 1.16. The maximum atomic E-state index is 13.1.